The van der Waals surface area contributed by atoms with Crippen molar-refractivity contribution in [1.29, 1.82) is 0 Å². The monoisotopic (exact) mass is 387 g/mol. The molecule has 0 saturated carbocycles. The van der Waals surface area contributed by atoms with Gasteiger partial charge in [0.1, 0.15) is 5.69 Å². The third kappa shape index (κ3) is 4.09. The standard InChI is InChI=1S/C24H25N3O2/c1-2-17-8-10-18(11-9-17)15-25-23(28)14-20-16-26-24(29)22-13-12-21(27(20)22)19-6-4-3-5-7-19/h3-13,20H,2,14-16H2,1H3,(H,25,28)(H,26,29)/t20-/m1/s1. The summed E-state index contributed by atoms with van der Waals surface area (Å²) >= 11 is 0. The lowest BCUT2D eigenvalue weighted by atomic mass is 10.1. The van der Waals surface area contributed by atoms with E-state index in [9.17, 15) is 9.59 Å². The molecule has 0 aliphatic carbocycles. The smallest absolute Gasteiger partial charge is 0.268 e. The summed E-state index contributed by atoms with van der Waals surface area (Å²) < 4.78 is 2.00. The molecule has 2 heterocycles. The van der Waals surface area contributed by atoms with Crippen LogP contribution in [0.4, 0.5) is 0 Å². The number of nitrogens with one attached hydrogen (secondary N) is 2. The Hall–Kier alpha value is -3.34. The first-order valence-electron chi connectivity index (χ1n) is 10.0. The molecular weight excluding hydrogens is 362 g/mol. The lowest BCUT2D eigenvalue weighted by Crippen LogP contribution is -2.41. The Morgan fingerprint density at radius 2 is 1.69 bits per heavy atom. The number of fused-ring (bicyclic) bond motifs is 1. The van der Waals surface area contributed by atoms with Gasteiger partial charge < -0.3 is 15.2 Å². The van der Waals surface area contributed by atoms with Crippen LogP contribution in [0.25, 0.3) is 11.3 Å². The fourth-order valence-electron chi connectivity index (χ4n) is 3.81. The highest BCUT2D eigenvalue weighted by Gasteiger charge is 2.28. The number of hydrogen-bond donors (Lipinski definition) is 2. The zero-order valence-corrected chi connectivity index (χ0v) is 16.5. The molecule has 2 amide bonds. The topological polar surface area (TPSA) is 63.1 Å². The molecule has 1 aliphatic rings. The van der Waals surface area contributed by atoms with Crippen LogP contribution < -0.4 is 10.6 Å². The molecule has 5 heteroatoms. The number of aromatic nitrogens is 1. The van der Waals surface area contributed by atoms with E-state index < -0.39 is 0 Å². The first kappa shape index (κ1) is 19.0. The maximum absolute atomic E-state index is 12.6. The summed E-state index contributed by atoms with van der Waals surface area (Å²) in [6.07, 6.45) is 1.32. The van der Waals surface area contributed by atoms with Gasteiger partial charge in [0.15, 0.2) is 0 Å². The quantitative estimate of drug-likeness (QED) is 0.677. The van der Waals surface area contributed by atoms with Gasteiger partial charge in [-0.15, -0.1) is 0 Å². The molecule has 0 unspecified atom stereocenters. The lowest BCUT2D eigenvalue weighted by molar-refractivity contribution is -0.122. The molecule has 29 heavy (non-hydrogen) atoms. The van der Waals surface area contributed by atoms with Crippen LogP contribution >= 0.6 is 0 Å². The Balaban J connectivity index is 1.48. The SMILES string of the molecule is CCc1ccc(CNC(=O)C[C@@H]2CNC(=O)c3ccc(-c4ccccc4)n32)cc1. The van der Waals surface area contributed by atoms with Gasteiger partial charge in [-0.25, -0.2) is 0 Å². The summed E-state index contributed by atoms with van der Waals surface area (Å²) in [7, 11) is 0. The summed E-state index contributed by atoms with van der Waals surface area (Å²) in [6.45, 7) is 3.07. The second-order valence-electron chi connectivity index (χ2n) is 7.35. The van der Waals surface area contributed by atoms with Crippen LogP contribution in [0.15, 0.2) is 66.7 Å². The largest absolute Gasteiger partial charge is 0.352 e. The van der Waals surface area contributed by atoms with Crippen molar-refractivity contribution in [2.24, 2.45) is 0 Å². The lowest BCUT2D eigenvalue weighted by Gasteiger charge is -2.28. The second kappa shape index (κ2) is 8.35. The average Bonchev–Trinajstić information content (AvgIpc) is 3.22. The normalized spacial score (nSPS) is 15.5. The van der Waals surface area contributed by atoms with Gasteiger partial charge in [0.05, 0.1) is 6.04 Å². The molecule has 3 aromatic rings. The number of nitrogens with zero attached hydrogens (tertiary/aromatic N) is 1. The molecule has 2 aromatic carbocycles. The fourth-order valence-corrected chi connectivity index (χ4v) is 3.81. The zero-order valence-electron chi connectivity index (χ0n) is 16.5. The van der Waals surface area contributed by atoms with E-state index in [0.29, 0.717) is 25.2 Å². The molecule has 4 rings (SSSR count). The number of carbonyl (C=O) groups excluding carboxylic acids is 2. The van der Waals surface area contributed by atoms with Crippen LogP contribution in [0.3, 0.4) is 0 Å². The van der Waals surface area contributed by atoms with E-state index >= 15 is 0 Å². The Labute approximate surface area is 170 Å². The van der Waals surface area contributed by atoms with Crippen molar-refractivity contribution >= 4 is 11.8 Å². The van der Waals surface area contributed by atoms with Gasteiger partial charge in [0.2, 0.25) is 5.91 Å². The van der Waals surface area contributed by atoms with Crippen molar-refractivity contribution in [3.05, 3.63) is 83.6 Å². The van der Waals surface area contributed by atoms with Crippen molar-refractivity contribution in [2.75, 3.05) is 6.54 Å². The molecule has 148 valence electrons. The minimum absolute atomic E-state index is 0.0237. The van der Waals surface area contributed by atoms with Crippen molar-refractivity contribution in [3.63, 3.8) is 0 Å². The van der Waals surface area contributed by atoms with Crippen LogP contribution in [-0.2, 0) is 17.8 Å². The van der Waals surface area contributed by atoms with Gasteiger partial charge in [0, 0.05) is 25.2 Å². The first-order valence-corrected chi connectivity index (χ1v) is 10.0. The molecule has 0 spiro atoms. The van der Waals surface area contributed by atoms with Gasteiger partial charge in [-0.3, -0.25) is 9.59 Å². The summed E-state index contributed by atoms with van der Waals surface area (Å²) in [5.74, 6) is -0.121. The van der Waals surface area contributed by atoms with Crippen LogP contribution in [0.5, 0.6) is 0 Å². The molecule has 0 bridgehead atoms. The van der Waals surface area contributed by atoms with Gasteiger partial charge >= 0.3 is 0 Å². The van der Waals surface area contributed by atoms with Gasteiger partial charge in [-0.05, 0) is 35.2 Å². The predicted octanol–water partition coefficient (Wildman–Crippen LogP) is 3.71. The first-order chi connectivity index (χ1) is 14.2. The number of carbonyl (C=O) groups is 2. The molecule has 0 saturated heterocycles. The average molecular weight is 387 g/mol. The van der Waals surface area contributed by atoms with E-state index in [2.05, 4.69) is 41.8 Å². The van der Waals surface area contributed by atoms with Gasteiger partial charge in [-0.2, -0.15) is 0 Å². The third-order valence-electron chi connectivity index (χ3n) is 5.43. The fraction of sp³-hybridized carbons (Fsp3) is 0.250. The van der Waals surface area contributed by atoms with Crippen molar-refractivity contribution < 1.29 is 9.59 Å². The molecule has 2 N–H and O–H groups in total. The van der Waals surface area contributed by atoms with E-state index in [0.717, 1.165) is 23.2 Å². The minimum Gasteiger partial charge on any atom is -0.352 e. The Morgan fingerprint density at radius 3 is 2.41 bits per heavy atom. The van der Waals surface area contributed by atoms with E-state index in [4.69, 9.17) is 0 Å². The highest BCUT2D eigenvalue weighted by atomic mass is 16.2. The second-order valence-corrected chi connectivity index (χ2v) is 7.35. The number of aryl methyl sites for hydroxylation is 1. The highest BCUT2D eigenvalue weighted by molar-refractivity contribution is 5.95. The molecule has 0 radical (unpaired) electrons. The number of amides is 2. The summed E-state index contributed by atoms with van der Waals surface area (Å²) in [5, 5.41) is 5.92. The summed E-state index contributed by atoms with van der Waals surface area (Å²) in [6, 6.07) is 21.9. The van der Waals surface area contributed by atoms with E-state index in [1.54, 1.807) is 0 Å². The third-order valence-corrected chi connectivity index (χ3v) is 5.43. The van der Waals surface area contributed by atoms with Crippen LogP contribution in [0, 0.1) is 0 Å². The summed E-state index contributed by atoms with van der Waals surface area (Å²) in [5.41, 5.74) is 4.96. The molecular formula is C24H25N3O2. The van der Waals surface area contributed by atoms with Crippen LogP contribution in [0.1, 0.15) is 41.0 Å². The molecule has 1 aliphatic heterocycles. The Bertz CT molecular complexity index is 1010. The van der Waals surface area contributed by atoms with Crippen molar-refractivity contribution in [1.82, 2.24) is 15.2 Å². The van der Waals surface area contributed by atoms with E-state index in [1.165, 1.54) is 5.56 Å². The highest BCUT2D eigenvalue weighted by Crippen LogP contribution is 2.30. The van der Waals surface area contributed by atoms with Crippen molar-refractivity contribution in [3.8, 4) is 11.3 Å². The Morgan fingerprint density at radius 1 is 1.00 bits per heavy atom. The molecule has 5 nitrogen and oxygen atoms in total. The number of hydrogen-bond acceptors (Lipinski definition) is 2. The Kier molecular flexibility index (Phi) is 5.47. The maximum atomic E-state index is 12.6. The van der Waals surface area contributed by atoms with Crippen molar-refractivity contribution in [2.45, 2.75) is 32.4 Å². The zero-order chi connectivity index (χ0) is 20.2. The van der Waals surface area contributed by atoms with E-state index in [1.807, 2.05) is 47.0 Å². The maximum Gasteiger partial charge on any atom is 0.268 e. The summed E-state index contributed by atoms with van der Waals surface area (Å²) in [4.78, 5) is 24.9. The van der Waals surface area contributed by atoms with Crippen LogP contribution in [0.2, 0.25) is 0 Å². The molecule has 1 aromatic heterocycles. The van der Waals surface area contributed by atoms with Crippen LogP contribution in [-0.4, -0.2) is 22.9 Å². The van der Waals surface area contributed by atoms with Gasteiger partial charge in [-0.1, -0.05) is 61.5 Å². The van der Waals surface area contributed by atoms with Gasteiger partial charge in [0.25, 0.3) is 5.91 Å². The number of rotatable bonds is 6. The molecule has 1 atom stereocenters. The molecule has 0 fully saturated rings. The number of benzene rings is 2. The predicted molar refractivity (Wildman–Crippen MR) is 114 cm³/mol. The minimum atomic E-state index is -0.115. The van der Waals surface area contributed by atoms with E-state index in [-0.39, 0.29) is 17.9 Å².